The molecule has 0 amide bonds. The van der Waals surface area contributed by atoms with Crippen LogP contribution >= 0.6 is 39.7 Å². The molecule has 2 rings (SSSR count). The maximum absolute atomic E-state index is 6.09. The van der Waals surface area contributed by atoms with Gasteiger partial charge in [-0.05, 0) is 78.7 Å². The van der Waals surface area contributed by atoms with Crippen LogP contribution in [-0.2, 0) is 0 Å². The fourth-order valence-corrected chi connectivity index (χ4v) is 3.09. The second-order valence-electron chi connectivity index (χ2n) is 5.78. The molecule has 2 aromatic carbocycles. The third kappa shape index (κ3) is 6.49. The summed E-state index contributed by atoms with van der Waals surface area (Å²) in [7, 11) is 0. The van der Waals surface area contributed by atoms with Gasteiger partial charge in [-0.1, -0.05) is 29.3 Å². The van der Waals surface area contributed by atoms with E-state index >= 15 is 0 Å². The van der Waals surface area contributed by atoms with E-state index in [1.165, 1.54) is 11.3 Å². The van der Waals surface area contributed by atoms with Crippen molar-refractivity contribution in [1.82, 2.24) is 5.32 Å². The molecule has 0 aliphatic carbocycles. The SMILES string of the molecule is CCN(CCCNC(=S)Nc1ccc(Br)c(Cl)c1)c1ccc(C)cc1. The first-order valence-corrected chi connectivity index (χ1v) is 9.89. The minimum atomic E-state index is 0.608. The zero-order valence-electron chi connectivity index (χ0n) is 14.5. The molecule has 6 heteroatoms. The summed E-state index contributed by atoms with van der Waals surface area (Å²) < 4.78 is 0.870. The molecule has 2 aromatic rings. The second kappa shape index (κ2) is 10.00. The van der Waals surface area contributed by atoms with Gasteiger partial charge in [0.1, 0.15) is 0 Å². The van der Waals surface area contributed by atoms with Crippen molar-refractivity contribution in [2.45, 2.75) is 20.3 Å². The van der Waals surface area contributed by atoms with Gasteiger partial charge in [0, 0.05) is 35.5 Å². The molecule has 25 heavy (non-hydrogen) atoms. The molecule has 0 bridgehead atoms. The minimum Gasteiger partial charge on any atom is -0.372 e. The van der Waals surface area contributed by atoms with Crippen LogP contribution in [0.2, 0.25) is 5.02 Å². The molecule has 0 fully saturated rings. The van der Waals surface area contributed by atoms with Gasteiger partial charge >= 0.3 is 0 Å². The van der Waals surface area contributed by atoms with E-state index in [9.17, 15) is 0 Å². The lowest BCUT2D eigenvalue weighted by molar-refractivity contribution is 0.726. The summed E-state index contributed by atoms with van der Waals surface area (Å²) >= 11 is 14.8. The van der Waals surface area contributed by atoms with Gasteiger partial charge in [0.05, 0.1) is 5.02 Å². The highest BCUT2D eigenvalue weighted by atomic mass is 79.9. The fourth-order valence-electron chi connectivity index (χ4n) is 2.45. The van der Waals surface area contributed by atoms with Crippen LogP contribution in [0.4, 0.5) is 11.4 Å². The van der Waals surface area contributed by atoms with Crippen molar-refractivity contribution in [2.75, 3.05) is 29.9 Å². The van der Waals surface area contributed by atoms with Crippen LogP contribution in [0.15, 0.2) is 46.9 Å². The van der Waals surface area contributed by atoms with Gasteiger partial charge in [-0.25, -0.2) is 0 Å². The Morgan fingerprint density at radius 1 is 1.20 bits per heavy atom. The van der Waals surface area contributed by atoms with Crippen LogP contribution in [0.5, 0.6) is 0 Å². The summed E-state index contributed by atoms with van der Waals surface area (Å²) in [5.74, 6) is 0. The summed E-state index contributed by atoms with van der Waals surface area (Å²) in [5.41, 5.74) is 3.42. The van der Waals surface area contributed by atoms with E-state index in [0.29, 0.717) is 10.1 Å². The summed E-state index contributed by atoms with van der Waals surface area (Å²) in [6.07, 6.45) is 1.00. The van der Waals surface area contributed by atoms with Crippen molar-refractivity contribution < 1.29 is 0 Å². The smallest absolute Gasteiger partial charge is 0.170 e. The molecule has 0 radical (unpaired) electrons. The van der Waals surface area contributed by atoms with Gasteiger partial charge in [-0.15, -0.1) is 0 Å². The van der Waals surface area contributed by atoms with Crippen LogP contribution < -0.4 is 15.5 Å². The van der Waals surface area contributed by atoms with Crippen molar-refractivity contribution in [1.29, 1.82) is 0 Å². The van der Waals surface area contributed by atoms with E-state index in [1.54, 1.807) is 0 Å². The largest absolute Gasteiger partial charge is 0.372 e. The number of hydrogen-bond donors (Lipinski definition) is 2. The van der Waals surface area contributed by atoms with Gasteiger partial charge in [0.15, 0.2) is 5.11 Å². The van der Waals surface area contributed by atoms with E-state index in [-0.39, 0.29) is 0 Å². The predicted octanol–water partition coefficient (Wildman–Crippen LogP) is 5.61. The van der Waals surface area contributed by atoms with Crippen molar-refractivity contribution >= 4 is 56.2 Å². The summed E-state index contributed by atoms with van der Waals surface area (Å²) in [6.45, 7) is 7.08. The molecule has 0 saturated heterocycles. The lowest BCUT2D eigenvalue weighted by Gasteiger charge is -2.23. The maximum Gasteiger partial charge on any atom is 0.170 e. The number of thiocarbonyl (C=S) groups is 1. The number of benzene rings is 2. The molecule has 0 spiro atoms. The molecule has 0 atom stereocenters. The van der Waals surface area contributed by atoms with Gasteiger partial charge in [0.2, 0.25) is 0 Å². The van der Waals surface area contributed by atoms with Crippen molar-refractivity contribution in [2.24, 2.45) is 0 Å². The highest BCUT2D eigenvalue weighted by Gasteiger charge is 2.04. The number of nitrogens with zero attached hydrogens (tertiary/aromatic N) is 1. The molecular weight excluding hydrogens is 418 g/mol. The number of hydrogen-bond acceptors (Lipinski definition) is 2. The van der Waals surface area contributed by atoms with Crippen molar-refractivity contribution in [3.63, 3.8) is 0 Å². The first-order valence-electron chi connectivity index (χ1n) is 8.31. The van der Waals surface area contributed by atoms with Gasteiger partial charge in [0.25, 0.3) is 0 Å². The molecule has 0 saturated carbocycles. The summed E-state index contributed by atoms with van der Waals surface area (Å²) in [5, 5.41) is 7.66. The fraction of sp³-hybridized carbons (Fsp3) is 0.316. The molecular formula is C19H23BrClN3S. The van der Waals surface area contributed by atoms with E-state index < -0.39 is 0 Å². The molecule has 134 valence electrons. The van der Waals surface area contributed by atoms with Crippen molar-refractivity contribution in [3.05, 3.63) is 57.5 Å². The summed E-state index contributed by atoms with van der Waals surface area (Å²) in [6, 6.07) is 14.3. The standard InChI is InChI=1S/C19H23BrClN3S/c1-3-24(16-8-5-14(2)6-9-16)12-4-11-22-19(25)23-15-7-10-17(20)18(21)13-15/h5-10,13H,3-4,11-12H2,1-2H3,(H2,22,23,25). The lowest BCUT2D eigenvalue weighted by atomic mass is 10.2. The molecule has 0 aliphatic heterocycles. The van der Waals surface area contributed by atoms with E-state index in [2.05, 4.69) is 69.6 Å². The molecule has 0 heterocycles. The maximum atomic E-state index is 6.09. The number of rotatable bonds is 7. The first-order chi connectivity index (χ1) is 12.0. The zero-order chi connectivity index (χ0) is 18.2. The van der Waals surface area contributed by atoms with E-state index in [1.807, 2.05) is 18.2 Å². The van der Waals surface area contributed by atoms with Crippen LogP contribution in [0, 0.1) is 6.92 Å². The number of aryl methyl sites for hydroxylation is 1. The van der Waals surface area contributed by atoms with E-state index in [0.717, 1.165) is 36.2 Å². The molecule has 2 N–H and O–H groups in total. The van der Waals surface area contributed by atoms with E-state index in [4.69, 9.17) is 23.8 Å². The Balaban J connectivity index is 1.74. The third-order valence-corrected chi connectivity index (χ3v) is 5.33. The minimum absolute atomic E-state index is 0.608. The highest BCUT2D eigenvalue weighted by Crippen LogP contribution is 2.25. The van der Waals surface area contributed by atoms with Gasteiger partial charge in [-0.2, -0.15) is 0 Å². The monoisotopic (exact) mass is 439 g/mol. The Kier molecular flexibility index (Phi) is 8.00. The lowest BCUT2D eigenvalue weighted by Crippen LogP contribution is -2.32. The van der Waals surface area contributed by atoms with Crippen LogP contribution in [0.1, 0.15) is 18.9 Å². The number of anilines is 2. The van der Waals surface area contributed by atoms with Gasteiger partial charge < -0.3 is 15.5 Å². The highest BCUT2D eigenvalue weighted by molar-refractivity contribution is 9.10. The topological polar surface area (TPSA) is 27.3 Å². The Bertz CT molecular complexity index is 706. The number of nitrogens with one attached hydrogen (secondary N) is 2. The van der Waals surface area contributed by atoms with Crippen LogP contribution in [0.25, 0.3) is 0 Å². The third-order valence-electron chi connectivity index (χ3n) is 3.85. The average Bonchev–Trinajstić information content (AvgIpc) is 2.59. The van der Waals surface area contributed by atoms with Gasteiger partial charge in [-0.3, -0.25) is 0 Å². The Labute approximate surface area is 168 Å². The molecule has 0 aromatic heterocycles. The van der Waals surface area contributed by atoms with Crippen LogP contribution in [0.3, 0.4) is 0 Å². The zero-order valence-corrected chi connectivity index (χ0v) is 17.6. The Morgan fingerprint density at radius 2 is 1.92 bits per heavy atom. The molecule has 0 unspecified atom stereocenters. The normalized spacial score (nSPS) is 10.4. The number of halogens is 2. The Morgan fingerprint density at radius 3 is 2.56 bits per heavy atom. The molecule has 3 nitrogen and oxygen atoms in total. The second-order valence-corrected chi connectivity index (χ2v) is 7.45. The van der Waals surface area contributed by atoms with Crippen LogP contribution in [-0.4, -0.2) is 24.7 Å². The molecule has 0 aliphatic rings. The van der Waals surface area contributed by atoms with Crippen molar-refractivity contribution in [3.8, 4) is 0 Å². The first kappa shape index (κ1) is 20.0. The predicted molar refractivity (Wildman–Crippen MR) is 117 cm³/mol. The Hall–Kier alpha value is -1.30. The summed E-state index contributed by atoms with van der Waals surface area (Å²) in [4.78, 5) is 2.37. The quantitative estimate of drug-likeness (QED) is 0.432. The average molecular weight is 441 g/mol.